The zero-order valence-corrected chi connectivity index (χ0v) is 11.8. The SMILES string of the molecule is CSc1ccc(Cl)cc1N1CC(CCl)CC1=O. The van der Waals surface area contributed by atoms with Gasteiger partial charge in [0.25, 0.3) is 0 Å². The highest BCUT2D eigenvalue weighted by Gasteiger charge is 2.31. The topological polar surface area (TPSA) is 20.3 Å². The molecule has 2 rings (SSSR count). The highest BCUT2D eigenvalue weighted by Crippen LogP contribution is 2.35. The maximum Gasteiger partial charge on any atom is 0.227 e. The van der Waals surface area contributed by atoms with Crippen LogP contribution in [-0.2, 0) is 4.79 Å². The molecule has 1 saturated heterocycles. The van der Waals surface area contributed by atoms with Gasteiger partial charge in [0.15, 0.2) is 0 Å². The molecule has 1 aliphatic rings. The molecule has 0 bridgehead atoms. The van der Waals surface area contributed by atoms with Gasteiger partial charge in [-0.1, -0.05) is 11.6 Å². The minimum atomic E-state index is 0.133. The van der Waals surface area contributed by atoms with Crippen LogP contribution in [0.25, 0.3) is 0 Å². The molecule has 0 aromatic heterocycles. The first kappa shape index (κ1) is 13.1. The van der Waals surface area contributed by atoms with Crippen LogP contribution in [-0.4, -0.2) is 24.6 Å². The number of amides is 1. The molecule has 1 atom stereocenters. The number of alkyl halides is 1. The van der Waals surface area contributed by atoms with Gasteiger partial charge in [-0.3, -0.25) is 4.79 Å². The zero-order chi connectivity index (χ0) is 12.4. The van der Waals surface area contributed by atoms with E-state index in [1.165, 1.54) is 0 Å². The number of anilines is 1. The van der Waals surface area contributed by atoms with Gasteiger partial charge in [-0.05, 0) is 30.4 Å². The fraction of sp³-hybridized carbons (Fsp3) is 0.417. The van der Waals surface area contributed by atoms with Gasteiger partial charge in [-0.15, -0.1) is 23.4 Å². The van der Waals surface area contributed by atoms with E-state index in [4.69, 9.17) is 23.2 Å². The molecule has 1 unspecified atom stereocenters. The average Bonchev–Trinajstić information content (AvgIpc) is 2.70. The summed E-state index contributed by atoms with van der Waals surface area (Å²) in [6, 6.07) is 5.64. The smallest absolute Gasteiger partial charge is 0.227 e. The Labute approximate surface area is 115 Å². The summed E-state index contributed by atoms with van der Waals surface area (Å²) in [5.74, 6) is 0.906. The number of rotatable bonds is 3. The Hall–Kier alpha value is -0.380. The van der Waals surface area contributed by atoms with Crippen molar-refractivity contribution in [1.82, 2.24) is 0 Å². The standard InChI is InChI=1S/C12H13Cl2NOS/c1-17-11-3-2-9(14)5-10(11)15-7-8(6-13)4-12(15)16/h2-3,5,8H,4,6-7H2,1H3. The van der Waals surface area contributed by atoms with Gasteiger partial charge >= 0.3 is 0 Å². The summed E-state index contributed by atoms with van der Waals surface area (Å²) in [5.41, 5.74) is 0.905. The van der Waals surface area contributed by atoms with Crippen LogP contribution >= 0.6 is 35.0 Å². The summed E-state index contributed by atoms with van der Waals surface area (Å²) in [7, 11) is 0. The van der Waals surface area contributed by atoms with Gasteiger partial charge in [0.1, 0.15) is 0 Å². The van der Waals surface area contributed by atoms with E-state index < -0.39 is 0 Å². The third kappa shape index (κ3) is 2.72. The van der Waals surface area contributed by atoms with Crippen LogP contribution in [0.15, 0.2) is 23.1 Å². The molecule has 1 fully saturated rings. The second-order valence-electron chi connectivity index (χ2n) is 4.04. The number of carbonyl (C=O) groups is 1. The molecule has 0 spiro atoms. The van der Waals surface area contributed by atoms with E-state index in [9.17, 15) is 4.79 Å². The molecule has 0 N–H and O–H groups in total. The van der Waals surface area contributed by atoms with E-state index in [-0.39, 0.29) is 11.8 Å². The van der Waals surface area contributed by atoms with E-state index in [1.54, 1.807) is 16.7 Å². The van der Waals surface area contributed by atoms with Crippen LogP contribution in [0.1, 0.15) is 6.42 Å². The molecule has 5 heteroatoms. The molecule has 1 amide bonds. The lowest BCUT2D eigenvalue weighted by Gasteiger charge is -2.19. The van der Waals surface area contributed by atoms with E-state index in [0.29, 0.717) is 23.9 Å². The normalized spacial score (nSPS) is 20.1. The minimum absolute atomic E-state index is 0.133. The molecule has 92 valence electrons. The fourth-order valence-corrected chi connectivity index (χ4v) is 2.95. The second kappa shape index (κ2) is 5.51. The van der Waals surface area contributed by atoms with Crippen LogP contribution < -0.4 is 4.90 Å². The molecule has 0 aliphatic carbocycles. The molecule has 0 saturated carbocycles. The minimum Gasteiger partial charge on any atom is -0.311 e. The summed E-state index contributed by atoms with van der Waals surface area (Å²) < 4.78 is 0. The average molecular weight is 290 g/mol. The molecule has 1 heterocycles. The molecule has 0 radical (unpaired) electrons. The lowest BCUT2D eigenvalue weighted by molar-refractivity contribution is -0.117. The van der Waals surface area contributed by atoms with E-state index >= 15 is 0 Å². The van der Waals surface area contributed by atoms with Gasteiger partial charge in [0, 0.05) is 28.8 Å². The Morgan fingerprint density at radius 2 is 2.29 bits per heavy atom. The van der Waals surface area contributed by atoms with Gasteiger partial charge in [0.2, 0.25) is 5.91 Å². The summed E-state index contributed by atoms with van der Waals surface area (Å²) in [5, 5.41) is 0.653. The maximum atomic E-state index is 11.9. The van der Waals surface area contributed by atoms with Crippen molar-refractivity contribution >= 4 is 46.6 Å². The number of carbonyl (C=O) groups excluding carboxylic acids is 1. The van der Waals surface area contributed by atoms with Crippen molar-refractivity contribution in [3.8, 4) is 0 Å². The van der Waals surface area contributed by atoms with Gasteiger partial charge in [-0.25, -0.2) is 0 Å². The molecule has 1 aromatic carbocycles. The van der Waals surface area contributed by atoms with Crippen LogP contribution in [0, 0.1) is 5.92 Å². The Morgan fingerprint density at radius 3 is 2.88 bits per heavy atom. The number of benzene rings is 1. The Bertz CT molecular complexity index is 439. The first-order chi connectivity index (χ1) is 8.15. The predicted octanol–water partition coefficient (Wildman–Crippen LogP) is 3.65. The Kier molecular flexibility index (Phi) is 4.23. The number of hydrogen-bond acceptors (Lipinski definition) is 2. The van der Waals surface area contributed by atoms with Crippen LogP contribution in [0.2, 0.25) is 5.02 Å². The quantitative estimate of drug-likeness (QED) is 0.625. The Morgan fingerprint density at radius 1 is 1.53 bits per heavy atom. The van der Waals surface area contributed by atoms with E-state index in [2.05, 4.69) is 0 Å². The third-order valence-electron chi connectivity index (χ3n) is 2.86. The third-order valence-corrected chi connectivity index (χ3v) is 4.31. The van der Waals surface area contributed by atoms with Crippen LogP contribution in [0.3, 0.4) is 0 Å². The number of thioether (sulfide) groups is 1. The van der Waals surface area contributed by atoms with Crippen molar-refractivity contribution in [2.24, 2.45) is 5.92 Å². The number of hydrogen-bond donors (Lipinski definition) is 0. The van der Waals surface area contributed by atoms with Crippen molar-refractivity contribution in [2.75, 3.05) is 23.6 Å². The van der Waals surface area contributed by atoms with Gasteiger partial charge in [0.05, 0.1) is 5.69 Å². The Balaban J connectivity index is 2.33. The molecule has 1 aliphatic heterocycles. The molecule has 17 heavy (non-hydrogen) atoms. The molecule has 2 nitrogen and oxygen atoms in total. The number of halogens is 2. The van der Waals surface area contributed by atoms with Crippen molar-refractivity contribution in [3.05, 3.63) is 23.2 Å². The highest BCUT2D eigenvalue weighted by atomic mass is 35.5. The van der Waals surface area contributed by atoms with E-state index in [1.807, 2.05) is 24.5 Å². The second-order valence-corrected chi connectivity index (χ2v) is 5.64. The summed E-state index contributed by atoms with van der Waals surface area (Å²) in [6.45, 7) is 0.691. The molecular formula is C12H13Cl2NOS. The van der Waals surface area contributed by atoms with Crippen LogP contribution in [0.5, 0.6) is 0 Å². The fourth-order valence-electron chi connectivity index (χ4n) is 1.99. The number of nitrogens with zero attached hydrogens (tertiary/aromatic N) is 1. The van der Waals surface area contributed by atoms with E-state index in [0.717, 1.165) is 10.6 Å². The van der Waals surface area contributed by atoms with Crippen molar-refractivity contribution in [3.63, 3.8) is 0 Å². The first-order valence-corrected chi connectivity index (χ1v) is 7.49. The van der Waals surface area contributed by atoms with Crippen LogP contribution in [0.4, 0.5) is 5.69 Å². The predicted molar refractivity (Wildman–Crippen MR) is 74.4 cm³/mol. The monoisotopic (exact) mass is 289 g/mol. The zero-order valence-electron chi connectivity index (χ0n) is 9.45. The largest absolute Gasteiger partial charge is 0.311 e. The lowest BCUT2D eigenvalue weighted by atomic mass is 10.1. The van der Waals surface area contributed by atoms with Crippen molar-refractivity contribution in [2.45, 2.75) is 11.3 Å². The van der Waals surface area contributed by atoms with Gasteiger partial charge in [-0.2, -0.15) is 0 Å². The maximum absolute atomic E-state index is 11.9. The first-order valence-electron chi connectivity index (χ1n) is 5.35. The summed E-state index contributed by atoms with van der Waals surface area (Å²) in [6.07, 6.45) is 2.52. The van der Waals surface area contributed by atoms with Crippen molar-refractivity contribution in [1.29, 1.82) is 0 Å². The summed E-state index contributed by atoms with van der Waals surface area (Å²) in [4.78, 5) is 14.8. The highest BCUT2D eigenvalue weighted by molar-refractivity contribution is 7.98. The van der Waals surface area contributed by atoms with Gasteiger partial charge < -0.3 is 4.90 Å². The summed E-state index contributed by atoms with van der Waals surface area (Å²) >= 11 is 13.4. The molecule has 1 aromatic rings. The van der Waals surface area contributed by atoms with Crippen molar-refractivity contribution < 1.29 is 4.79 Å². The lowest BCUT2D eigenvalue weighted by Crippen LogP contribution is -2.25. The molecular weight excluding hydrogens is 277 g/mol.